The first-order valence-electron chi connectivity index (χ1n) is 6.35. The summed E-state index contributed by atoms with van der Waals surface area (Å²) in [7, 11) is 3.21. The molecule has 0 radical (unpaired) electrons. The lowest BCUT2D eigenvalue weighted by Gasteiger charge is -2.31. The molecule has 0 amide bonds. The van der Waals surface area contributed by atoms with Gasteiger partial charge in [-0.3, -0.25) is 0 Å². The molecule has 2 aromatic carbocycles. The van der Waals surface area contributed by atoms with Gasteiger partial charge in [0.1, 0.15) is 12.4 Å². The van der Waals surface area contributed by atoms with Crippen LogP contribution in [0.2, 0.25) is 5.02 Å². The second kappa shape index (κ2) is 7.45. The minimum absolute atomic E-state index is 0.238. The van der Waals surface area contributed by atoms with E-state index in [0.29, 0.717) is 5.02 Å². The summed E-state index contributed by atoms with van der Waals surface area (Å²) in [4.78, 5) is 0. The van der Waals surface area contributed by atoms with Crippen LogP contribution in [0.1, 0.15) is 5.56 Å². The van der Waals surface area contributed by atoms with Crippen LogP contribution in [-0.4, -0.2) is 20.8 Å². The van der Waals surface area contributed by atoms with Crippen LogP contribution in [0.15, 0.2) is 48.5 Å². The van der Waals surface area contributed by atoms with Crippen molar-refractivity contribution in [3.8, 4) is 5.75 Å². The molecule has 112 valence electrons. The van der Waals surface area contributed by atoms with Gasteiger partial charge < -0.3 is 14.2 Å². The summed E-state index contributed by atoms with van der Waals surface area (Å²) >= 11 is 8.13. The average Bonchev–Trinajstić information content (AvgIpc) is 2.51. The van der Waals surface area contributed by atoms with Crippen molar-refractivity contribution < 1.29 is 14.2 Å². The highest BCUT2D eigenvalue weighted by Crippen LogP contribution is 2.30. The second-order valence-corrected chi connectivity index (χ2v) is 5.99. The van der Waals surface area contributed by atoms with E-state index in [1.165, 1.54) is 0 Å². The molecule has 0 saturated heterocycles. The molecule has 0 fully saturated rings. The Bertz CT molecular complexity index is 585. The molecule has 0 aliphatic rings. The first-order valence-corrected chi connectivity index (χ1v) is 7.80. The molecule has 0 aliphatic heterocycles. The van der Waals surface area contributed by atoms with E-state index in [-0.39, 0.29) is 6.61 Å². The van der Waals surface area contributed by atoms with Crippen molar-refractivity contribution >= 4 is 34.2 Å². The summed E-state index contributed by atoms with van der Waals surface area (Å²) in [5.41, 5.74) is 0.902. The summed E-state index contributed by atoms with van der Waals surface area (Å²) < 4.78 is 18.0. The van der Waals surface area contributed by atoms with Crippen molar-refractivity contribution in [2.24, 2.45) is 0 Å². The average molecular weight is 419 g/mol. The third kappa shape index (κ3) is 3.88. The predicted octanol–water partition coefficient (Wildman–Crippen LogP) is 4.47. The minimum atomic E-state index is -0.940. The zero-order valence-electron chi connectivity index (χ0n) is 11.8. The van der Waals surface area contributed by atoms with Gasteiger partial charge in [0, 0.05) is 24.8 Å². The summed E-state index contributed by atoms with van der Waals surface area (Å²) in [5, 5.41) is 0.680. The van der Waals surface area contributed by atoms with Crippen LogP contribution in [0.25, 0.3) is 0 Å². The molecule has 5 heteroatoms. The van der Waals surface area contributed by atoms with Crippen molar-refractivity contribution in [1.82, 2.24) is 0 Å². The van der Waals surface area contributed by atoms with Crippen molar-refractivity contribution in [2.75, 3.05) is 20.8 Å². The third-order valence-electron chi connectivity index (χ3n) is 3.18. The fourth-order valence-electron chi connectivity index (χ4n) is 1.98. The first-order chi connectivity index (χ1) is 10.1. The van der Waals surface area contributed by atoms with Crippen molar-refractivity contribution in [3.05, 3.63) is 62.7 Å². The minimum Gasteiger partial charge on any atom is -0.486 e. The maximum Gasteiger partial charge on any atom is 0.229 e. The number of benzene rings is 2. The molecule has 0 spiro atoms. The molecule has 21 heavy (non-hydrogen) atoms. The fourth-order valence-corrected chi connectivity index (χ4v) is 3.00. The van der Waals surface area contributed by atoms with Crippen LogP contribution >= 0.6 is 34.2 Å². The molecule has 0 atom stereocenters. The molecular formula is C16H16ClIO3. The SMILES string of the molecule is COC(COc1ccc(Cl)cc1I)(OC)c1ccccc1. The summed E-state index contributed by atoms with van der Waals surface area (Å²) in [5.74, 6) is -0.196. The van der Waals surface area contributed by atoms with Crippen molar-refractivity contribution in [1.29, 1.82) is 0 Å². The first kappa shape index (κ1) is 16.5. The lowest BCUT2D eigenvalue weighted by Crippen LogP contribution is -2.37. The van der Waals surface area contributed by atoms with E-state index in [9.17, 15) is 0 Å². The molecule has 0 saturated carbocycles. The molecule has 0 aromatic heterocycles. The molecule has 0 unspecified atom stereocenters. The van der Waals surface area contributed by atoms with Gasteiger partial charge in [0.15, 0.2) is 0 Å². The van der Waals surface area contributed by atoms with Crippen molar-refractivity contribution in [3.63, 3.8) is 0 Å². The van der Waals surface area contributed by atoms with E-state index in [4.69, 9.17) is 25.8 Å². The molecule has 2 rings (SSSR count). The van der Waals surface area contributed by atoms with Crippen LogP contribution < -0.4 is 4.74 Å². The van der Waals surface area contributed by atoms with Crippen molar-refractivity contribution in [2.45, 2.75) is 5.79 Å². The molecule has 0 heterocycles. The van der Waals surface area contributed by atoms with Gasteiger partial charge in [0.2, 0.25) is 5.79 Å². The summed E-state index contributed by atoms with van der Waals surface area (Å²) in [6, 6.07) is 15.2. The third-order valence-corrected chi connectivity index (χ3v) is 4.26. The maximum atomic E-state index is 5.95. The van der Waals surface area contributed by atoms with E-state index < -0.39 is 5.79 Å². The Hall–Kier alpha value is -0.820. The number of ether oxygens (including phenoxy) is 3. The van der Waals surface area contributed by atoms with Crippen LogP contribution in [0.3, 0.4) is 0 Å². The smallest absolute Gasteiger partial charge is 0.229 e. The standard InChI is InChI=1S/C16H16ClIO3/c1-19-16(20-2,12-6-4-3-5-7-12)11-21-15-9-8-13(17)10-14(15)18/h3-10H,11H2,1-2H3. The Morgan fingerprint density at radius 1 is 1.05 bits per heavy atom. The van der Waals surface area contributed by atoms with E-state index in [1.54, 1.807) is 20.3 Å². The van der Waals surface area contributed by atoms with Gasteiger partial charge in [-0.25, -0.2) is 0 Å². The van der Waals surface area contributed by atoms with Gasteiger partial charge in [-0.1, -0.05) is 41.9 Å². The topological polar surface area (TPSA) is 27.7 Å². The van der Waals surface area contributed by atoms with E-state index in [1.807, 2.05) is 42.5 Å². The van der Waals surface area contributed by atoms with Crippen LogP contribution in [-0.2, 0) is 15.3 Å². The Kier molecular flexibility index (Phi) is 5.87. The van der Waals surface area contributed by atoms with Gasteiger partial charge in [0.25, 0.3) is 0 Å². The number of methoxy groups -OCH3 is 2. The maximum absolute atomic E-state index is 5.95. The number of hydrogen-bond donors (Lipinski definition) is 0. The molecule has 0 N–H and O–H groups in total. The second-order valence-electron chi connectivity index (χ2n) is 4.39. The van der Waals surface area contributed by atoms with Gasteiger partial charge >= 0.3 is 0 Å². The molecule has 0 aliphatic carbocycles. The lowest BCUT2D eigenvalue weighted by molar-refractivity contribution is -0.231. The van der Waals surface area contributed by atoms with E-state index >= 15 is 0 Å². The highest BCUT2D eigenvalue weighted by atomic mass is 127. The van der Waals surface area contributed by atoms with Crippen LogP contribution in [0.4, 0.5) is 0 Å². The number of halogens is 2. The molecular weight excluding hydrogens is 403 g/mol. The predicted molar refractivity (Wildman–Crippen MR) is 91.8 cm³/mol. The summed E-state index contributed by atoms with van der Waals surface area (Å²) in [6.45, 7) is 0.238. The fraction of sp³-hybridized carbons (Fsp3) is 0.250. The lowest BCUT2D eigenvalue weighted by atomic mass is 10.1. The van der Waals surface area contributed by atoms with Gasteiger partial charge in [-0.2, -0.15) is 0 Å². The number of hydrogen-bond acceptors (Lipinski definition) is 3. The molecule has 0 bridgehead atoms. The molecule has 3 nitrogen and oxygen atoms in total. The van der Waals surface area contributed by atoms with Gasteiger partial charge in [-0.05, 0) is 40.8 Å². The highest BCUT2D eigenvalue weighted by Gasteiger charge is 2.33. The monoisotopic (exact) mass is 418 g/mol. The van der Waals surface area contributed by atoms with Crippen LogP contribution in [0.5, 0.6) is 5.75 Å². The summed E-state index contributed by atoms with van der Waals surface area (Å²) in [6.07, 6.45) is 0. The Balaban J connectivity index is 2.21. The number of rotatable bonds is 6. The Labute approximate surface area is 143 Å². The van der Waals surface area contributed by atoms with Gasteiger partial charge in [-0.15, -0.1) is 0 Å². The Morgan fingerprint density at radius 2 is 1.71 bits per heavy atom. The highest BCUT2D eigenvalue weighted by molar-refractivity contribution is 14.1. The Morgan fingerprint density at radius 3 is 2.29 bits per heavy atom. The molecule has 2 aromatic rings. The zero-order chi connectivity index (χ0) is 15.3. The zero-order valence-corrected chi connectivity index (χ0v) is 14.7. The van der Waals surface area contributed by atoms with E-state index in [2.05, 4.69) is 22.6 Å². The van der Waals surface area contributed by atoms with Gasteiger partial charge in [0.05, 0.1) is 3.57 Å². The quantitative estimate of drug-likeness (QED) is 0.512. The van der Waals surface area contributed by atoms with Crippen LogP contribution in [0, 0.1) is 3.57 Å². The largest absolute Gasteiger partial charge is 0.486 e. The van der Waals surface area contributed by atoms with E-state index in [0.717, 1.165) is 14.9 Å². The normalized spacial score (nSPS) is 11.4.